The van der Waals surface area contributed by atoms with Crippen molar-refractivity contribution < 1.29 is 23.1 Å². The number of anilines is 2. The predicted molar refractivity (Wildman–Crippen MR) is 144 cm³/mol. The third kappa shape index (κ3) is 6.93. The molecule has 1 aromatic carbocycles. The smallest absolute Gasteiger partial charge is 0.255 e. The molecule has 9 nitrogen and oxygen atoms in total. The molecule has 1 unspecified atom stereocenters. The Kier molecular flexibility index (Phi) is 8.67. The van der Waals surface area contributed by atoms with Crippen LogP contribution in [0.3, 0.4) is 0 Å². The zero-order valence-electron chi connectivity index (χ0n) is 21.8. The molecule has 4 N–H and O–H groups in total. The summed E-state index contributed by atoms with van der Waals surface area (Å²) in [5, 5.41) is 31.7. The van der Waals surface area contributed by atoms with E-state index in [1.54, 1.807) is 53.0 Å². The van der Waals surface area contributed by atoms with E-state index in [0.717, 1.165) is 5.56 Å². The van der Waals surface area contributed by atoms with Crippen LogP contribution in [0.25, 0.3) is 16.9 Å². The van der Waals surface area contributed by atoms with Gasteiger partial charge in [0.05, 0.1) is 58.6 Å². The average molecular weight is 552 g/mol. The van der Waals surface area contributed by atoms with E-state index in [9.17, 15) is 23.1 Å². The first-order valence-corrected chi connectivity index (χ1v) is 12.4. The van der Waals surface area contributed by atoms with Gasteiger partial charge in [0.15, 0.2) is 0 Å². The van der Waals surface area contributed by atoms with Crippen molar-refractivity contribution in [1.29, 1.82) is 5.26 Å². The van der Waals surface area contributed by atoms with E-state index in [1.807, 2.05) is 6.07 Å². The average Bonchev–Trinajstić information content (AvgIpc) is 3.35. The number of nitrogens with one attached hydrogen (secondary N) is 3. The molecule has 3 aromatic heterocycles. The van der Waals surface area contributed by atoms with E-state index in [0.29, 0.717) is 33.8 Å². The summed E-state index contributed by atoms with van der Waals surface area (Å²) in [7, 11) is 0. The third-order valence-corrected chi connectivity index (χ3v) is 6.11. The Balaban J connectivity index is 1.63. The highest BCUT2D eigenvalue weighted by Gasteiger charge is 2.27. The predicted octanol–water partition coefficient (Wildman–Crippen LogP) is 4.21. The van der Waals surface area contributed by atoms with Gasteiger partial charge in [-0.05, 0) is 55.8 Å². The number of nitriles is 1. The van der Waals surface area contributed by atoms with Crippen molar-refractivity contribution in [3.05, 3.63) is 77.6 Å². The summed E-state index contributed by atoms with van der Waals surface area (Å²) in [4.78, 5) is 17.5. The van der Waals surface area contributed by atoms with Crippen LogP contribution in [0.15, 0.2) is 60.9 Å². The maximum absolute atomic E-state index is 14.3. The number of hydrogen-bond donors (Lipinski definition) is 4. The topological polar surface area (TPSA) is 127 Å². The first-order chi connectivity index (χ1) is 19.0. The first-order valence-electron chi connectivity index (χ1n) is 12.4. The van der Waals surface area contributed by atoms with Gasteiger partial charge in [0.1, 0.15) is 12.2 Å². The number of amides is 1. The highest BCUT2D eigenvalue weighted by atomic mass is 19.3. The van der Waals surface area contributed by atoms with E-state index < -0.39 is 37.2 Å². The standard InChI is InChI=1S/C28H28F3N7O2/c1-28(2,40)25(29)15-35-27(39)21-14-34-23(24-8-7-20-9-18(11-32)13-36-38(20)24)10-22(21)37-19-5-3-17(4-6-19)12-33-16-26(30)31/h3-10,13-14,25-26,33,40H,12,15-16H2,1-2H3,(H,34,37)(H,35,39). The number of aromatic nitrogens is 3. The lowest BCUT2D eigenvalue weighted by Crippen LogP contribution is -2.42. The number of carbonyl (C=O) groups is 1. The lowest BCUT2D eigenvalue weighted by atomic mass is 10.0. The van der Waals surface area contributed by atoms with Gasteiger partial charge in [-0.15, -0.1) is 0 Å². The molecular formula is C28H28F3N7O2. The molecule has 0 aliphatic heterocycles. The minimum atomic E-state index is -2.44. The van der Waals surface area contributed by atoms with Crippen molar-refractivity contribution in [2.24, 2.45) is 0 Å². The van der Waals surface area contributed by atoms with Crippen molar-refractivity contribution in [1.82, 2.24) is 25.2 Å². The van der Waals surface area contributed by atoms with Gasteiger partial charge in [0.2, 0.25) is 0 Å². The van der Waals surface area contributed by atoms with Crippen LogP contribution >= 0.6 is 0 Å². The van der Waals surface area contributed by atoms with Crippen molar-refractivity contribution in [3.8, 4) is 17.5 Å². The Morgan fingerprint density at radius 1 is 1.10 bits per heavy atom. The van der Waals surface area contributed by atoms with Crippen LogP contribution in [0.1, 0.15) is 35.3 Å². The quantitative estimate of drug-likeness (QED) is 0.220. The SMILES string of the molecule is CC(C)(O)C(F)CNC(=O)c1cnc(-c2ccc3cc(C#N)cnn23)cc1Nc1ccc(CNCC(F)F)cc1. The molecule has 0 saturated heterocycles. The van der Waals surface area contributed by atoms with Gasteiger partial charge in [-0.25, -0.2) is 17.7 Å². The Hall–Kier alpha value is -4.47. The number of carbonyl (C=O) groups excluding carboxylic acids is 1. The van der Waals surface area contributed by atoms with Crippen molar-refractivity contribution in [2.75, 3.05) is 18.4 Å². The lowest BCUT2D eigenvalue weighted by Gasteiger charge is -2.22. The van der Waals surface area contributed by atoms with Crippen LogP contribution in [-0.4, -0.2) is 56.9 Å². The van der Waals surface area contributed by atoms with Gasteiger partial charge in [-0.1, -0.05) is 12.1 Å². The van der Waals surface area contributed by atoms with Crippen LogP contribution in [-0.2, 0) is 6.54 Å². The highest BCUT2D eigenvalue weighted by Crippen LogP contribution is 2.28. The number of aliphatic hydroxyl groups is 1. The number of rotatable bonds is 11. The number of pyridine rings is 1. The normalized spacial score (nSPS) is 12.3. The molecule has 0 aliphatic rings. The molecular weight excluding hydrogens is 523 g/mol. The van der Waals surface area contributed by atoms with Gasteiger partial charge in [0, 0.05) is 18.4 Å². The molecule has 0 radical (unpaired) electrons. The summed E-state index contributed by atoms with van der Waals surface area (Å²) in [5.74, 6) is -0.599. The van der Waals surface area contributed by atoms with Gasteiger partial charge in [-0.2, -0.15) is 10.4 Å². The second kappa shape index (κ2) is 12.1. The molecule has 208 valence electrons. The van der Waals surface area contributed by atoms with E-state index in [1.165, 1.54) is 26.2 Å². The first kappa shape index (κ1) is 28.5. The van der Waals surface area contributed by atoms with Crippen LogP contribution in [0.4, 0.5) is 24.5 Å². The summed E-state index contributed by atoms with van der Waals surface area (Å²) in [6, 6.07) is 16.0. The monoisotopic (exact) mass is 551 g/mol. The number of alkyl halides is 3. The Morgan fingerprint density at radius 3 is 2.52 bits per heavy atom. The molecule has 12 heteroatoms. The molecule has 1 atom stereocenters. The summed E-state index contributed by atoms with van der Waals surface area (Å²) >= 11 is 0. The van der Waals surface area contributed by atoms with Crippen molar-refractivity contribution in [2.45, 2.75) is 38.6 Å². The number of hydrogen-bond acceptors (Lipinski definition) is 7. The number of halogens is 3. The van der Waals surface area contributed by atoms with Gasteiger partial charge in [-0.3, -0.25) is 9.78 Å². The number of fused-ring (bicyclic) bond motifs is 1. The summed E-state index contributed by atoms with van der Waals surface area (Å²) in [6.45, 7) is 2.08. The number of benzene rings is 1. The van der Waals surface area contributed by atoms with Crippen LogP contribution in [0.5, 0.6) is 0 Å². The van der Waals surface area contributed by atoms with E-state index in [2.05, 4.69) is 26.0 Å². The third-order valence-electron chi connectivity index (χ3n) is 6.11. The van der Waals surface area contributed by atoms with E-state index in [-0.39, 0.29) is 12.1 Å². The molecule has 4 rings (SSSR count). The molecule has 0 spiro atoms. The fraction of sp³-hybridized carbons (Fsp3) is 0.286. The summed E-state index contributed by atoms with van der Waals surface area (Å²) in [6.07, 6.45) is -1.34. The Labute approximate surface area is 228 Å². The Morgan fingerprint density at radius 2 is 1.85 bits per heavy atom. The zero-order chi connectivity index (χ0) is 28.9. The maximum Gasteiger partial charge on any atom is 0.255 e. The maximum atomic E-state index is 14.3. The van der Waals surface area contributed by atoms with Gasteiger partial charge in [0.25, 0.3) is 12.3 Å². The minimum Gasteiger partial charge on any atom is -0.387 e. The molecule has 0 fully saturated rings. The molecule has 40 heavy (non-hydrogen) atoms. The van der Waals surface area contributed by atoms with Gasteiger partial charge < -0.3 is 21.1 Å². The second-order valence-corrected chi connectivity index (χ2v) is 9.70. The van der Waals surface area contributed by atoms with Crippen molar-refractivity contribution >= 4 is 22.8 Å². The zero-order valence-corrected chi connectivity index (χ0v) is 21.8. The van der Waals surface area contributed by atoms with Gasteiger partial charge >= 0.3 is 0 Å². The molecule has 0 bridgehead atoms. The molecule has 4 aromatic rings. The lowest BCUT2D eigenvalue weighted by molar-refractivity contribution is -0.00177. The summed E-state index contributed by atoms with van der Waals surface area (Å²) < 4.78 is 40.7. The second-order valence-electron chi connectivity index (χ2n) is 9.70. The molecule has 3 heterocycles. The minimum absolute atomic E-state index is 0.134. The fourth-order valence-corrected chi connectivity index (χ4v) is 3.85. The summed E-state index contributed by atoms with van der Waals surface area (Å²) in [5.41, 5.74) is 2.46. The number of nitrogens with zero attached hydrogens (tertiary/aromatic N) is 4. The van der Waals surface area contributed by atoms with Crippen LogP contribution < -0.4 is 16.0 Å². The van der Waals surface area contributed by atoms with Crippen LogP contribution in [0, 0.1) is 11.3 Å². The fourth-order valence-electron chi connectivity index (χ4n) is 3.85. The van der Waals surface area contributed by atoms with Crippen LogP contribution in [0.2, 0.25) is 0 Å². The van der Waals surface area contributed by atoms with E-state index >= 15 is 0 Å². The van der Waals surface area contributed by atoms with Crippen molar-refractivity contribution in [3.63, 3.8) is 0 Å². The largest absolute Gasteiger partial charge is 0.387 e. The molecule has 0 aliphatic carbocycles. The molecule has 0 saturated carbocycles. The highest BCUT2D eigenvalue weighted by molar-refractivity contribution is 6.00. The van der Waals surface area contributed by atoms with E-state index in [4.69, 9.17) is 5.26 Å². The Bertz CT molecular complexity index is 1530. The molecule has 1 amide bonds.